The van der Waals surface area contributed by atoms with E-state index in [1.807, 2.05) is 0 Å². The predicted molar refractivity (Wildman–Crippen MR) is 47.5 cm³/mol. The number of rotatable bonds is 4. The van der Waals surface area contributed by atoms with Crippen LogP contribution in [0.4, 0.5) is 0 Å². The van der Waals surface area contributed by atoms with Crippen LogP contribution in [0.5, 0.6) is 0 Å². The quantitative estimate of drug-likeness (QED) is 0.652. The summed E-state index contributed by atoms with van der Waals surface area (Å²) in [6.45, 7) is 2.60. The van der Waals surface area contributed by atoms with Gasteiger partial charge in [-0.05, 0) is 0 Å². The molecule has 0 aliphatic carbocycles. The Balaban J connectivity index is 2.55. The molecule has 0 amide bonds. The zero-order chi connectivity index (χ0) is 9.84. The molecule has 0 aromatic carbocycles. The normalized spacial score (nSPS) is 39.7. The van der Waals surface area contributed by atoms with Gasteiger partial charge in [-0.1, -0.05) is 6.92 Å². The standard InChI is InChI=1S/C9H18O4/c1-6-8(11-3)7(5-10-2)13-9(6)12-4/h6-9H,5H2,1-4H3/t6-,7+,8-,9-/m0/s1. The molecule has 78 valence electrons. The van der Waals surface area contributed by atoms with Crippen molar-refractivity contribution >= 4 is 0 Å². The Labute approximate surface area is 79.1 Å². The zero-order valence-electron chi connectivity index (χ0n) is 8.65. The molecular weight excluding hydrogens is 172 g/mol. The van der Waals surface area contributed by atoms with E-state index in [0.717, 1.165) is 0 Å². The van der Waals surface area contributed by atoms with Crippen molar-refractivity contribution in [2.45, 2.75) is 25.4 Å². The maximum Gasteiger partial charge on any atom is 0.162 e. The first-order valence-electron chi connectivity index (χ1n) is 4.44. The molecule has 4 nitrogen and oxygen atoms in total. The van der Waals surface area contributed by atoms with Crippen LogP contribution in [-0.2, 0) is 18.9 Å². The fraction of sp³-hybridized carbons (Fsp3) is 1.00. The highest BCUT2D eigenvalue weighted by Crippen LogP contribution is 2.29. The Morgan fingerprint density at radius 3 is 2.31 bits per heavy atom. The van der Waals surface area contributed by atoms with Gasteiger partial charge in [0.25, 0.3) is 0 Å². The number of hydrogen-bond donors (Lipinski definition) is 0. The summed E-state index contributed by atoms with van der Waals surface area (Å²) >= 11 is 0. The summed E-state index contributed by atoms with van der Waals surface area (Å²) < 4.78 is 21.1. The lowest BCUT2D eigenvalue weighted by molar-refractivity contribution is -0.139. The Morgan fingerprint density at radius 2 is 1.85 bits per heavy atom. The van der Waals surface area contributed by atoms with Gasteiger partial charge in [-0.3, -0.25) is 0 Å². The molecule has 0 spiro atoms. The molecule has 0 saturated carbocycles. The van der Waals surface area contributed by atoms with Crippen molar-refractivity contribution in [3.05, 3.63) is 0 Å². The van der Waals surface area contributed by atoms with Crippen LogP contribution in [-0.4, -0.2) is 46.4 Å². The van der Waals surface area contributed by atoms with E-state index in [-0.39, 0.29) is 24.4 Å². The van der Waals surface area contributed by atoms with Crippen LogP contribution in [0.15, 0.2) is 0 Å². The number of ether oxygens (including phenoxy) is 4. The van der Waals surface area contributed by atoms with Gasteiger partial charge in [0.2, 0.25) is 0 Å². The topological polar surface area (TPSA) is 36.9 Å². The van der Waals surface area contributed by atoms with Crippen molar-refractivity contribution in [1.82, 2.24) is 0 Å². The minimum absolute atomic E-state index is 0.0186. The van der Waals surface area contributed by atoms with Crippen molar-refractivity contribution in [2.24, 2.45) is 5.92 Å². The third kappa shape index (κ3) is 2.20. The summed E-state index contributed by atoms with van der Waals surface area (Å²) in [5, 5.41) is 0. The minimum Gasteiger partial charge on any atom is -0.382 e. The van der Waals surface area contributed by atoms with Crippen molar-refractivity contribution < 1.29 is 18.9 Å². The van der Waals surface area contributed by atoms with Gasteiger partial charge in [0.1, 0.15) is 6.10 Å². The zero-order valence-corrected chi connectivity index (χ0v) is 8.65. The van der Waals surface area contributed by atoms with E-state index in [1.165, 1.54) is 0 Å². The third-order valence-corrected chi connectivity index (χ3v) is 2.46. The SMILES string of the molecule is COC[C@H]1O[C@H](OC)[C@@H](C)[C@@H]1OC. The average Bonchev–Trinajstić information content (AvgIpc) is 2.43. The molecule has 0 radical (unpaired) electrons. The molecule has 0 aromatic rings. The van der Waals surface area contributed by atoms with Crippen LogP contribution in [0.25, 0.3) is 0 Å². The summed E-state index contributed by atoms with van der Waals surface area (Å²) in [5.74, 6) is 0.246. The van der Waals surface area contributed by atoms with Crippen LogP contribution in [0.1, 0.15) is 6.92 Å². The van der Waals surface area contributed by atoms with Crippen LogP contribution >= 0.6 is 0 Å². The largest absolute Gasteiger partial charge is 0.382 e. The van der Waals surface area contributed by atoms with Crippen LogP contribution < -0.4 is 0 Å². The van der Waals surface area contributed by atoms with Crippen molar-refractivity contribution in [2.75, 3.05) is 27.9 Å². The maximum absolute atomic E-state index is 5.59. The second-order valence-corrected chi connectivity index (χ2v) is 3.29. The molecule has 1 fully saturated rings. The van der Waals surface area contributed by atoms with E-state index in [2.05, 4.69) is 6.92 Å². The van der Waals surface area contributed by atoms with E-state index in [0.29, 0.717) is 6.61 Å². The first-order valence-corrected chi connectivity index (χ1v) is 4.44. The summed E-state index contributed by atoms with van der Waals surface area (Å²) in [7, 11) is 4.98. The van der Waals surface area contributed by atoms with E-state index >= 15 is 0 Å². The second-order valence-electron chi connectivity index (χ2n) is 3.29. The van der Waals surface area contributed by atoms with Crippen molar-refractivity contribution in [3.8, 4) is 0 Å². The Hall–Kier alpha value is -0.160. The van der Waals surface area contributed by atoms with Gasteiger partial charge in [-0.2, -0.15) is 0 Å². The lowest BCUT2D eigenvalue weighted by Gasteiger charge is -2.17. The first kappa shape index (κ1) is 10.9. The Bertz CT molecular complexity index is 151. The molecule has 0 aromatic heterocycles. The predicted octanol–water partition coefficient (Wildman–Crippen LogP) is 0.655. The van der Waals surface area contributed by atoms with Crippen LogP contribution in [0.2, 0.25) is 0 Å². The molecule has 1 saturated heterocycles. The highest BCUT2D eigenvalue weighted by molar-refractivity contribution is 4.85. The van der Waals surface area contributed by atoms with Gasteiger partial charge in [0.15, 0.2) is 6.29 Å². The molecule has 4 heteroatoms. The van der Waals surface area contributed by atoms with Gasteiger partial charge in [0.05, 0.1) is 12.7 Å². The van der Waals surface area contributed by atoms with Gasteiger partial charge in [-0.15, -0.1) is 0 Å². The van der Waals surface area contributed by atoms with Crippen LogP contribution in [0.3, 0.4) is 0 Å². The van der Waals surface area contributed by atoms with E-state index in [1.54, 1.807) is 21.3 Å². The highest BCUT2D eigenvalue weighted by Gasteiger charge is 2.42. The molecule has 0 N–H and O–H groups in total. The molecule has 1 aliphatic heterocycles. The second kappa shape index (κ2) is 4.91. The van der Waals surface area contributed by atoms with Crippen molar-refractivity contribution in [1.29, 1.82) is 0 Å². The molecule has 1 heterocycles. The number of hydrogen-bond acceptors (Lipinski definition) is 4. The molecule has 0 bridgehead atoms. The lowest BCUT2D eigenvalue weighted by Crippen LogP contribution is -2.31. The fourth-order valence-electron chi connectivity index (χ4n) is 1.80. The highest BCUT2D eigenvalue weighted by atomic mass is 16.7. The molecule has 13 heavy (non-hydrogen) atoms. The molecule has 1 rings (SSSR count). The monoisotopic (exact) mass is 190 g/mol. The summed E-state index contributed by atoms with van der Waals surface area (Å²) in [6.07, 6.45) is -0.134. The Morgan fingerprint density at radius 1 is 1.15 bits per heavy atom. The van der Waals surface area contributed by atoms with E-state index in [4.69, 9.17) is 18.9 Å². The minimum atomic E-state index is -0.176. The van der Waals surface area contributed by atoms with Gasteiger partial charge in [-0.25, -0.2) is 0 Å². The first-order chi connectivity index (χ1) is 6.24. The molecule has 1 aliphatic rings. The summed E-state index contributed by atoms with van der Waals surface area (Å²) in [5.41, 5.74) is 0. The third-order valence-electron chi connectivity index (χ3n) is 2.46. The van der Waals surface area contributed by atoms with Gasteiger partial charge in [0, 0.05) is 27.2 Å². The summed E-state index contributed by atoms with van der Waals surface area (Å²) in [6, 6.07) is 0. The summed E-state index contributed by atoms with van der Waals surface area (Å²) in [4.78, 5) is 0. The molecule has 0 unspecified atom stereocenters. The van der Waals surface area contributed by atoms with Crippen molar-refractivity contribution in [3.63, 3.8) is 0 Å². The molecule has 4 atom stereocenters. The van der Waals surface area contributed by atoms with Gasteiger partial charge >= 0.3 is 0 Å². The fourth-order valence-corrected chi connectivity index (χ4v) is 1.80. The van der Waals surface area contributed by atoms with Gasteiger partial charge < -0.3 is 18.9 Å². The molecular formula is C9H18O4. The maximum atomic E-state index is 5.59. The Kier molecular flexibility index (Phi) is 4.12. The van der Waals surface area contributed by atoms with E-state index < -0.39 is 0 Å². The van der Waals surface area contributed by atoms with Crippen LogP contribution in [0, 0.1) is 5.92 Å². The number of methoxy groups -OCH3 is 3. The smallest absolute Gasteiger partial charge is 0.162 e. The van der Waals surface area contributed by atoms with E-state index in [9.17, 15) is 0 Å². The lowest BCUT2D eigenvalue weighted by atomic mass is 10.0. The average molecular weight is 190 g/mol.